The van der Waals surface area contributed by atoms with E-state index in [2.05, 4.69) is 17.6 Å². The van der Waals surface area contributed by atoms with Gasteiger partial charge in [-0.05, 0) is 12.8 Å². The number of urea groups is 1. The van der Waals surface area contributed by atoms with Crippen LogP contribution < -0.4 is 16.0 Å². The van der Waals surface area contributed by atoms with Crippen molar-refractivity contribution in [3.05, 3.63) is 35.9 Å². The van der Waals surface area contributed by atoms with Gasteiger partial charge in [-0.15, -0.1) is 0 Å². The molecule has 0 aliphatic heterocycles. The monoisotopic (exact) mass is 278 g/mol. The van der Waals surface area contributed by atoms with Gasteiger partial charge in [-0.2, -0.15) is 0 Å². The molecule has 1 aromatic rings. The van der Waals surface area contributed by atoms with Gasteiger partial charge in [0, 0.05) is 12.6 Å². The second-order valence-electron chi connectivity index (χ2n) is 4.69. The minimum absolute atomic E-state index is 0.285. The number of hydrogen-bond acceptors (Lipinski definition) is 2. The summed E-state index contributed by atoms with van der Waals surface area (Å²) in [7, 11) is 1.49. The SMILES string of the molecule is CCCCC[NH2+][C@@H](C(=O)NC(=O)NC)c1ccccc1. The molecule has 0 aliphatic carbocycles. The first-order valence-corrected chi connectivity index (χ1v) is 7.09. The number of nitrogens with two attached hydrogens (primary N) is 1. The smallest absolute Gasteiger partial charge is 0.321 e. The van der Waals surface area contributed by atoms with E-state index in [9.17, 15) is 9.59 Å². The molecular weight excluding hydrogens is 254 g/mol. The highest BCUT2D eigenvalue weighted by Crippen LogP contribution is 2.08. The van der Waals surface area contributed by atoms with E-state index in [4.69, 9.17) is 0 Å². The summed E-state index contributed by atoms with van der Waals surface area (Å²) in [5.74, 6) is -0.285. The molecule has 110 valence electrons. The molecule has 20 heavy (non-hydrogen) atoms. The lowest BCUT2D eigenvalue weighted by atomic mass is 10.1. The van der Waals surface area contributed by atoms with Crippen molar-refractivity contribution in [3.63, 3.8) is 0 Å². The summed E-state index contributed by atoms with van der Waals surface area (Å²) in [6.45, 7) is 3.02. The highest BCUT2D eigenvalue weighted by atomic mass is 16.2. The van der Waals surface area contributed by atoms with Gasteiger partial charge in [-0.3, -0.25) is 10.1 Å². The number of hydrogen-bond donors (Lipinski definition) is 3. The van der Waals surface area contributed by atoms with E-state index < -0.39 is 6.03 Å². The van der Waals surface area contributed by atoms with Crippen molar-refractivity contribution in [2.75, 3.05) is 13.6 Å². The van der Waals surface area contributed by atoms with Gasteiger partial charge in [0.05, 0.1) is 6.54 Å². The van der Waals surface area contributed by atoms with Crippen molar-refractivity contribution in [1.29, 1.82) is 0 Å². The first kappa shape index (κ1) is 16.2. The molecule has 1 atom stereocenters. The molecule has 1 rings (SSSR count). The van der Waals surface area contributed by atoms with Crippen LogP contribution in [-0.4, -0.2) is 25.5 Å². The van der Waals surface area contributed by atoms with Crippen molar-refractivity contribution in [2.24, 2.45) is 0 Å². The first-order valence-electron chi connectivity index (χ1n) is 7.09. The number of nitrogens with one attached hydrogen (secondary N) is 2. The number of imide groups is 1. The Morgan fingerprint density at radius 3 is 2.50 bits per heavy atom. The van der Waals surface area contributed by atoms with Crippen molar-refractivity contribution < 1.29 is 14.9 Å². The fourth-order valence-corrected chi connectivity index (χ4v) is 1.99. The predicted octanol–water partition coefficient (Wildman–Crippen LogP) is 0.937. The molecule has 0 saturated heterocycles. The van der Waals surface area contributed by atoms with Crippen LogP contribution in [0.15, 0.2) is 30.3 Å². The zero-order chi connectivity index (χ0) is 14.8. The van der Waals surface area contributed by atoms with E-state index in [1.165, 1.54) is 7.05 Å². The molecule has 0 unspecified atom stereocenters. The van der Waals surface area contributed by atoms with E-state index in [1.807, 2.05) is 35.6 Å². The van der Waals surface area contributed by atoms with Crippen LogP contribution in [0.1, 0.15) is 37.8 Å². The summed E-state index contributed by atoms with van der Waals surface area (Å²) >= 11 is 0. The number of carbonyl (C=O) groups is 2. The lowest BCUT2D eigenvalue weighted by Crippen LogP contribution is -2.87. The van der Waals surface area contributed by atoms with Crippen molar-refractivity contribution in [3.8, 4) is 0 Å². The molecule has 0 saturated carbocycles. The average Bonchev–Trinajstić information content (AvgIpc) is 2.48. The lowest BCUT2D eigenvalue weighted by Gasteiger charge is -2.15. The van der Waals surface area contributed by atoms with Crippen LogP contribution in [0.25, 0.3) is 0 Å². The molecule has 0 aromatic heterocycles. The van der Waals surface area contributed by atoms with E-state index in [-0.39, 0.29) is 11.9 Å². The molecule has 0 fully saturated rings. The number of amides is 3. The summed E-state index contributed by atoms with van der Waals surface area (Å²) in [4.78, 5) is 23.5. The molecule has 0 radical (unpaired) electrons. The molecule has 1 aromatic carbocycles. The zero-order valence-electron chi connectivity index (χ0n) is 12.2. The summed E-state index contributed by atoms with van der Waals surface area (Å²) in [6, 6.07) is 8.66. The fourth-order valence-electron chi connectivity index (χ4n) is 1.99. The predicted molar refractivity (Wildman–Crippen MR) is 78.1 cm³/mol. The number of unbranched alkanes of at least 4 members (excludes halogenated alkanes) is 2. The quantitative estimate of drug-likeness (QED) is 0.649. The maximum atomic E-state index is 12.2. The van der Waals surface area contributed by atoms with Gasteiger partial charge in [0.1, 0.15) is 0 Å². The van der Waals surface area contributed by atoms with Gasteiger partial charge >= 0.3 is 6.03 Å². The van der Waals surface area contributed by atoms with Gasteiger partial charge in [0.15, 0.2) is 6.04 Å². The number of quaternary nitrogens is 1. The van der Waals surface area contributed by atoms with Gasteiger partial charge in [-0.1, -0.05) is 43.7 Å². The minimum Gasteiger partial charge on any atom is -0.341 e. The highest BCUT2D eigenvalue weighted by molar-refractivity contribution is 5.96. The molecule has 0 heterocycles. The maximum Gasteiger partial charge on any atom is 0.321 e. The number of benzene rings is 1. The lowest BCUT2D eigenvalue weighted by molar-refractivity contribution is -0.683. The molecule has 0 aliphatic rings. The Morgan fingerprint density at radius 1 is 1.20 bits per heavy atom. The molecular formula is C15H24N3O2+. The average molecular weight is 278 g/mol. The maximum absolute atomic E-state index is 12.2. The summed E-state index contributed by atoms with van der Waals surface area (Å²) in [6.07, 6.45) is 3.36. The third-order valence-electron chi connectivity index (χ3n) is 3.11. The van der Waals surface area contributed by atoms with Gasteiger partial charge in [0.2, 0.25) is 0 Å². The van der Waals surface area contributed by atoms with Crippen LogP contribution in [-0.2, 0) is 4.79 Å². The van der Waals surface area contributed by atoms with Crippen LogP contribution in [0.2, 0.25) is 0 Å². The van der Waals surface area contributed by atoms with Crippen LogP contribution in [0.5, 0.6) is 0 Å². The highest BCUT2D eigenvalue weighted by Gasteiger charge is 2.24. The van der Waals surface area contributed by atoms with Crippen LogP contribution in [0, 0.1) is 0 Å². The van der Waals surface area contributed by atoms with Crippen molar-refractivity contribution in [2.45, 2.75) is 32.2 Å². The van der Waals surface area contributed by atoms with E-state index in [1.54, 1.807) is 0 Å². The van der Waals surface area contributed by atoms with Crippen LogP contribution in [0.4, 0.5) is 4.79 Å². The van der Waals surface area contributed by atoms with Gasteiger partial charge in [0.25, 0.3) is 5.91 Å². The molecule has 5 nitrogen and oxygen atoms in total. The third-order valence-corrected chi connectivity index (χ3v) is 3.11. The van der Waals surface area contributed by atoms with Crippen LogP contribution in [0.3, 0.4) is 0 Å². The fraction of sp³-hybridized carbons (Fsp3) is 0.467. The zero-order valence-corrected chi connectivity index (χ0v) is 12.2. The Labute approximate surface area is 120 Å². The van der Waals surface area contributed by atoms with Gasteiger partial charge in [-0.25, -0.2) is 4.79 Å². The third kappa shape index (κ3) is 5.40. The van der Waals surface area contributed by atoms with Crippen LogP contribution >= 0.6 is 0 Å². The second kappa shape index (κ2) is 9.09. The number of carbonyl (C=O) groups excluding carboxylic acids is 2. The Balaban J connectivity index is 2.68. The standard InChI is InChI=1S/C15H23N3O2/c1-3-4-8-11-17-13(12-9-6-5-7-10-12)14(19)18-15(20)16-2/h5-7,9-10,13,17H,3-4,8,11H2,1-2H3,(H2,16,18,19,20)/p+1/t13-/m1/s1. The number of rotatable bonds is 7. The van der Waals surface area contributed by atoms with Crippen molar-refractivity contribution >= 4 is 11.9 Å². The molecule has 4 N–H and O–H groups in total. The summed E-state index contributed by atoms with van der Waals surface area (Å²) in [5.41, 5.74) is 0.908. The Kier molecular flexibility index (Phi) is 7.35. The van der Waals surface area contributed by atoms with Crippen molar-refractivity contribution in [1.82, 2.24) is 10.6 Å². The topological polar surface area (TPSA) is 74.8 Å². The van der Waals surface area contributed by atoms with E-state index in [0.717, 1.165) is 31.4 Å². The molecule has 5 heteroatoms. The van der Waals surface area contributed by atoms with E-state index >= 15 is 0 Å². The van der Waals surface area contributed by atoms with E-state index in [0.29, 0.717) is 0 Å². The Morgan fingerprint density at radius 2 is 1.90 bits per heavy atom. The Hall–Kier alpha value is -1.88. The minimum atomic E-state index is -0.474. The Bertz CT molecular complexity index is 420. The van der Waals surface area contributed by atoms with Gasteiger partial charge < -0.3 is 10.6 Å². The summed E-state index contributed by atoms with van der Waals surface area (Å²) in [5, 5.41) is 6.73. The summed E-state index contributed by atoms with van der Waals surface area (Å²) < 4.78 is 0. The first-order chi connectivity index (χ1) is 9.69. The largest absolute Gasteiger partial charge is 0.341 e. The second-order valence-corrected chi connectivity index (χ2v) is 4.69. The molecule has 0 spiro atoms. The molecule has 3 amide bonds. The normalized spacial score (nSPS) is 11.7. The molecule has 0 bridgehead atoms.